The number of methoxy groups -OCH3 is 1. The fraction of sp³-hybridized carbons (Fsp3) is 0.250. The SMILES string of the molecule is COc1ncc(C2=C(C#N)CCC=C2)cn1. The fourth-order valence-electron chi connectivity index (χ4n) is 1.61. The van der Waals surface area contributed by atoms with E-state index in [4.69, 9.17) is 10.00 Å². The van der Waals surface area contributed by atoms with E-state index in [9.17, 15) is 0 Å². The molecule has 0 saturated carbocycles. The van der Waals surface area contributed by atoms with Gasteiger partial charge in [0.05, 0.1) is 13.2 Å². The summed E-state index contributed by atoms with van der Waals surface area (Å²) in [6, 6.07) is 2.56. The van der Waals surface area contributed by atoms with Crippen molar-refractivity contribution in [3.05, 3.63) is 35.7 Å². The molecule has 0 spiro atoms. The van der Waals surface area contributed by atoms with Crippen LogP contribution in [0.2, 0.25) is 0 Å². The molecule has 0 fully saturated rings. The first-order valence-corrected chi connectivity index (χ1v) is 5.01. The van der Waals surface area contributed by atoms with E-state index in [1.807, 2.05) is 6.08 Å². The Morgan fingerprint density at radius 3 is 2.75 bits per heavy atom. The Kier molecular flexibility index (Phi) is 2.97. The second-order valence-electron chi connectivity index (χ2n) is 3.40. The van der Waals surface area contributed by atoms with Gasteiger partial charge in [-0.1, -0.05) is 12.2 Å². The Bertz CT molecular complexity index is 480. The van der Waals surface area contributed by atoms with Crippen LogP contribution in [-0.2, 0) is 0 Å². The van der Waals surface area contributed by atoms with Crippen molar-refractivity contribution in [1.29, 1.82) is 5.26 Å². The van der Waals surface area contributed by atoms with Gasteiger partial charge in [0.25, 0.3) is 0 Å². The quantitative estimate of drug-likeness (QED) is 0.754. The first-order chi connectivity index (χ1) is 7.85. The molecule has 0 amide bonds. The van der Waals surface area contributed by atoms with Crippen LogP contribution < -0.4 is 4.74 Å². The van der Waals surface area contributed by atoms with Gasteiger partial charge in [-0.2, -0.15) is 5.26 Å². The predicted octanol–water partition coefficient (Wildman–Crippen LogP) is 2.11. The van der Waals surface area contributed by atoms with Crippen LogP contribution in [0, 0.1) is 11.3 Å². The van der Waals surface area contributed by atoms with Crippen LogP contribution in [0.25, 0.3) is 5.57 Å². The number of hydrogen-bond acceptors (Lipinski definition) is 4. The van der Waals surface area contributed by atoms with Crippen LogP contribution in [0.1, 0.15) is 18.4 Å². The second-order valence-corrected chi connectivity index (χ2v) is 3.40. The van der Waals surface area contributed by atoms with Crippen LogP contribution in [0.3, 0.4) is 0 Å². The predicted molar refractivity (Wildman–Crippen MR) is 59.5 cm³/mol. The summed E-state index contributed by atoms with van der Waals surface area (Å²) in [5.74, 6) is 0. The van der Waals surface area contributed by atoms with Crippen molar-refractivity contribution in [2.75, 3.05) is 7.11 Å². The van der Waals surface area contributed by atoms with Crippen molar-refractivity contribution >= 4 is 5.57 Å². The second kappa shape index (κ2) is 4.58. The zero-order chi connectivity index (χ0) is 11.4. The third-order valence-corrected chi connectivity index (χ3v) is 2.43. The first-order valence-electron chi connectivity index (χ1n) is 5.01. The van der Waals surface area contributed by atoms with Crippen molar-refractivity contribution in [2.24, 2.45) is 0 Å². The number of ether oxygens (including phenoxy) is 1. The Labute approximate surface area is 93.9 Å². The summed E-state index contributed by atoms with van der Waals surface area (Å²) < 4.78 is 4.89. The average Bonchev–Trinajstić information content (AvgIpc) is 2.39. The van der Waals surface area contributed by atoms with E-state index < -0.39 is 0 Å². The normalized spacial score (nSPS) is 14.8. The number of aromatic nitrogens is 2. The molecule has 0 radical (unpaired) electrons. The van der Waals surface area contributed by atoms with Crippen LogP contribution >= 0.6 is 0 Å². The lowest BCUT2D eigenvalue weighted by atomic mass is 9.95. The fourth-order valence-corrected chi connectivity index (χ4v) is 1.61. The summed E-state index contributed by atoms with van der Waals surface area (Å²) in [7, 11) is 1.52. The lowest BCUT2D eigenvalue weighted by Gasteiger charge is -2.10. The standard InChI is InChI=1S/C12H11N3O/c1-16-12-14-7-10(8-15-12)11-5-3-2-4-9(11)6-13/h3,5,7-8H,2,4H2,1H3. The highest BCUT2D eigenvalue weighted by atomic mass is 16.5. The van der Waals surface area contributed by atoms with E-state index in [0.717, 1.165) is 29.6 Å². The molecule has 1 aliphatic rings. The number of allylic oxidation sites excluding steroid dienone is 4. The van der Waals surface area contributed by atoms with Gasteiger partial charge in [0.15, 0.2) is 0 Å². The minimum absolute atomic E-state index is 0.336. The van der Waals surface area contributed by atoms with Gasteiger partial charge in [0.2, 0.25) is 0 Å². The van der Waals surface area contributed by atoms with Gasteiger partial charge >= 0.3 is 6.01 Å². The van der Waals surface area contributed by atoms with Gasteiger partial charge in [-0.25, -0.2) is 9.97 Å². The van der Waals surface area contributed by atoms with E-state index >= 15 is 0 Å². The lowest BCUT2D eigenvalue weighted by Crippen LogP contribution is -1.96. The smallest absolute Gasteiger partial charge is 0.316 e. The van der Waals surface area contributed by atoms with E-state index in [1.165, 1.54) is 7.11 Å². The summed E-state index contributed by atoms with van der Waals surface area (Å²) >= 11 is 0. The molecule has 1 aliphatic carbocycles. The maximum Gasteiger partial charge on any atom is 0.316 e. The van der Waals surface area contributed by atoms with E-state index in [0.29, 0.717) is 6.01 Å². The molecule has 4 heteroatoms. The zero-order valence-corrected chi connectivity index (χ0v) is 8.97. The highest BCUT2D eigenvalue weighted by Crippen LogP contribution is 2.26. The van der Waals surface area contributed by atoms with Crippen LogP contribution in [0.4, 0.5) is 0 Å². The van der Waals surface area contributed by atoms with Gasteiger partial charge in [0, 0.05) is 23.5 Å². The molecule has 0 N–H and O–H groups in total. The molecule has 0 saturated heterocycles. The molecule has 80 valence electrons. The number of nitrogens with zero attached hydrogens (tertiary/aromatic N) is 3. The highest BCUT2D eigenvalue weighted by Gasteiger charge is 2.10. The summed E-state index contributed by atoms with van der Waals surface area (Å²) in [6.07, 6.45) is 9.06. The Morgan fingerprint density at radius 2 is 2.12 bits per heavy atom. The van der Waals surface area contributed by atoms with E-state index in [2.05, 4.69) is 22.1 Å². The van der Waals surface area contributed by atoms with Gasteiger partial charge < -0.3 is 4.74 Å². The Hall–Kier alpha value is -2.15. The summed E-state index contributed by atoms with van der Waals surface area (Å²) in [5, 5.41) is 9.02. The third-order valence-electron chi connectivity index (χ3n) is 2.43. The topological polar surface area (TPSA) is 58.8 Å². The lowest BCUT2D eigenvalue weighted by molar-refractivity contribution is 0.379. The zero-order valence-electron chi connectivity index (χ0n) is 8.97. The molecule has 16 heavy (non-hydrogen) atoms. The van der Waals surface area contributed by atoms with Crippen molar-refractivity contribution in [3.63, 3.8) is 0 Å². The molecule has 0 atom stereocenters. The molecular weight excluding hydrogens is 202 g/mol. The minimum Gasteiger partial charge on any atom is -0.467 e. The summed E-state index contributed by atoms with van der Waals surface area (Å²) in [5.41, 5.74) is 2.56. The molecule has 0 bridgehead atoms. The monoisotopic (exact) mass is 213 g/mol. The average molecular weight is 213 g/mol. The molecule has 1 heterocycles. The molecule has 0 unspecified atom stereocenters. The third kappa shape index (κ3) is 1.94. The first kappa shape index (κ1) is 10.4. The number of hydrogen-bond donors (Lipinski definition) is 0. The Morgan fingerprint density at radius 1 is 1.38 bits per heavy atom. The van der Waals surface area contributed by atoms with Crippen molar-refractivity contribution < 1.29 is 4.74 Å². The highest BCUT2D eigenvalue weighted by molar-refractivity contribution is 5.79. The van der Waals surface area contributed by atoms with Gasteiger partial charge in [-0.3, -0.25) is 0 Å². The maximum absolute atomic E-state index is 9.02. The van der Waals surface area contributed by atoms with E-state index in [-0.39, 0.29) is 0 Å². The summed E-state index contributed by atoms with van der Waals surface area (Å²) in [6.45, 7) is 0. The van der Waals surface area contributed by atoms with Gasteiger partial charge in [-0.05, 0) is 18.4 Å². The van der Waals surface area contributed by atoms with E-state index in [1.54, 1.807) is 12.4 Å². The number of nitriles is 1. The largest absolute Gasteiger partial charge is 0.467 e. The number of rotatable bonds is 2. The molecule has 0 aliphatic heterocycles. The van der Waals surface area contributed by atoms with Crippen LogP contribution in [0.15, 0.2) is 30.1 Å². The van der Waals surface area contributed by atoms with Crippen LogP contribution in [0.5, 0.6) is 6.01 Å². The maximum atomic E-state index is 9.02. The van der Waals surface area contributed by atoms with Gasteiger partial charge in [-0.15, -0.1) is 0 Å². The van der Waals surface area contributed by atoms with Crippen molar-refractivity contribution in [1.82, 2.24) is 9.97 Å². The molecule has 1 aromatic heterocycles. The minimum atomic E-state index is 0.336. The molecule has 2 rings (SSSR count). The molecule has 0 aromatic carbocycles. The molecular formula is C12H11N3O. The van der Waals surface area contributed by atoms with Gasteiger partial charge in [0.1, 0.15) is 0 Å². The summed E-state index contributed by atoms with van der Waals surface area (Å²) in [4.78, 5) is 8.06. The van der Waals surface area contributed by atoms with Crippen LogP contribution in [-0.4, -0.2) is 17.1 Å². The van der Waals surface area contributed by atoms with Crippen molar-refractivity contribution in [3.8, 4) is 12.1 Å². The van der Waals surface area contributed by atoms with Crippen molar-refractivity contribution in [2.45, 2.75) is 12.8 Å². The molecule has 4 nitrogen and oxygen atoms in total. The molecule has 1 aromatic rings. The Balaban J connectivity index is 2.39.